The number of ketones is 1. The summed E-state index contributed by atoms with van der Waals surface area (Å²) in [7, 11) is 0. The fourth-order valence-corrected chi connectivity index (χ4v) is 1.89. The maximum Gasteiger partial charge on any atom is 0.155 e. The first kappa shape index (κ1) is 21.1. The number of allylic oxidation sites excluding steroid dienone is 8. The molecule has 0 aliphatic rings. The Morgan fingerprint density at radius 1 is 0.826 bits per heavy atom. The van der Waals surface area contributed by atoms with Crippen molar-refractivity contribution in [3.05, 3.63) is 48.6 Å². The smallest absolute Gasteiger partial charge is 0.155 e. The van der Waals surface area contributed by atoms with Crippen molar-refractivity contribution in [3.8, 4) is 0 Å². The molecule has 0 fully saturated rings. The van der Waals surface area contributed by atoms with Crippen molar-refractivity contribution in [1.82, 2.24) is 0 Å². The van der Waals surface area contributed by atoms with Crippen molar-refractivity contribution in [3.63, 3.8) is 0 Å². The summed E-state index contributed by atoms with van der Waals surface area (Å²) >= 11 is 0. The van der Waals surface area contributed by atoms with Gasteiger partial charge in [0.05, 0.1) is 0 Å². The molecule has 0 rings (SSSR count). The summed E-state index contributed by atoms with van der Waals surface area (Å²) in [5.41, 5.74) is 0. The lowest BCUT2D eigenvalue weighted by Gasteiger charge is -1.98. The zero-order chi connectivity index (χ0) is 17.2. The fraction of sp³-hybridized carbons (Fsp3) is 0.500. The Labute approximate surface area is 140 Å². The first-order valence-corrected chi connectivity index (χ1v) is 8.52. The number of carbonyl (C=O) groups excluding carboxylic acids is 2. The molecule has 0 aromatic heterocycles. The van der Waals surface area contributed by atoms with Crippen LogP contribution in [0.2, 0.25) is 0 Å². The monoisotopic (exact) mass is 317 g/mol. The van der Waals surface area contributed by atoms with Crippen LogP contribution in [0.4, 0.5) is 0 Å². The molecule has 0 aliphatic carbocycles. The van der Waals surface area contributed by atoms with Gasteiger partial charge in [-0.3, -0.25) is 4.79 Å². The maximum absolute atomic E-state index is 11.4. The third-order valence-electron chi connectivity index (χ3n) is 3.19. The largest absolute Gasteiger partial charge is 0.550 e. The highest BCUT2D eigenvalue weighted by Crippen LogP contribution is 2.01. The molecule has 3 heteroatoms. The van der Waals surface area contributed by atoms with Crippen LogP contribution in [0.3, 0.4) is 0 Å². The van der Waals surface area contributed by atoms with E-state index in [1.54, 1.807) is 6.08 Å². The van der Waals surface area contributed by atoms with Gasteiger partial charge in [-0.2, -0.15) is 0 Å². The highest BCUT2D eigenvalue weighted by molar-refractivity contribution is 5.90. The van der Waals surface area contributed by atoms with Gasteiger partial charge in [-0.05, 0) is 44.6 Å². The predicted octanol–water partition coefficient (Wildman–Crippen LogP) is 4.06. The van der Waals surface area contributed by atoms with E-state index in [1.807, 2.05) is 12.2 Å². The molecule has 0 heterocycles. The zero-order valence-electron chi connectivity index (χ0n) is 14.2. The van der Waals surface area contributed by atoms with E-state index < -0.39 is 5.97 Å². The summed E-state index contributed by atoms with van der Waals surface area (Å²) in [6, 6.07) is 0. The molecule has 0 N–H and O–H groups in total. The van der Waals surface area contributed by atoms with Crippen LogP contribution < -0.4 is 5.11 Å². The Bertz CT molecular complexity index is 428. The molecule has 0 saturated carbocycles. The summed E-state index contributed by atoms with van der Waals surface area (Å²) in [6.45, 7) is 2.21. The summed E-state index contributed by atoms with van der Waals surface area (Å²) in [4.78, 5) is 21.6. The van der Waals surface area contributed by atoms with E-state index in [4.69, 9.17) is 0 Å². The van der Waals surface area contributed by atoms with Crippen molar-refractivity contribution in [2.24, 2.45) is 0 Å². The van der Waals surface area contributed by atoms with E-state index in [0.29, 0.717) is 6.42 Å². The van der Waals surface area contributed by atoms with Crippen molar-refractivity contribution in [2.45, 2.75) is 64.7 Å². The molecule has 23 heavy (non-hydrogen) atoms. The lowest BCUT2D eigenvalue weighted by molar-refractivity contribution is -0.305. The lowest BCUT2D eigenvalue weighted by atomic mass is 10.1. The third-order valence-corrected chi connectivity index (χ3v) is 3.19. The topological polar surface area (TPSA) is 57.2 Å². The molecule has 0 aliphatic heterocycles. The summed E-state index contributed by atoms with van der Waals surface area (Å²) in [6.07, 6.45) is 23.0. The number of carboxylic acid groups (broad SMARTS) is 1. The van der Waals surface area contributed by atoms with Gasteiger partial charge in [0.15, 0.2) is 5.78 Å². The number of carboxylic acids is 1. The standard InChI is InChI=1S/C20H30O3/c1-2-3-4-5-6-7-8-9-10-11-12-13-14-16-19(21)17-15-18-20(22)23/h6-7,9-10,12-14,16H,2-5,8,11,15,17-18H2,1H3,(H,22,23)/p-1/b7-6-,10-9-,13-12-,16-14+. The molecule has 128 valence electrons. The molecule has 0 saturated heterocycles. The molecular weight excluding hydrogens is 288 g/mol. The molecule has 0 amide bonds. The van der Waals surface area contributed by atoms with Crippen LogP contribution in [0.1, 0.15) is 64.7 Å². The minimum Gasteiger partial charge on any atom is -0.550 e. The molecule has 0 unspecified atom stereocenters. The maximum atomic E-state index is 11.4. The number of rotatable bonds is 14. The quantitative estimate of drug-likeness (QED) is 0.210. The fourth-order valence-electron chi connectivity index (χ4n) is 1.89. The van der Waals surface area contributed by atoms with Gasteiger partial charge in [-0.1, -0.05) is 62.3 Å². The minimum atomic E-state index is -1.11. The summed E-state index contributed by atoms with van der Waals surface area (Å²) in [5, 5.41) is 10.2. The van der Waals surface area contributed by atoms with Crippen LogP contribution in [-0.2, 0) is 9.59 Å². The second kappa shape index (κ2) is 16.5. The van der Waals surface area contributed by atoms with Crippen molar-refractivity contribution in [1.29, 1.82) is 0 Å². The zero-order valence-corrected chi connectivity index (χ0v) is 14.2. The van der Waals surface area contributed by atoms with Gasteiger partial charge in [0, 0.05) is 12.4 Å². The Balaban J connectivity index is 3.61. The predicted molar refractivity (Wildman–Crippen MR) is 93.8 cm³/mol. The van der Waals surface area contributed by atoms with Gasteiger partial charge in [-0.25, -0.2) is 0 Å². The van der Waals surface area contributed by atoms with Gasteiger partial charge >= 0.3 is 0 Å². The molecule has 0 spiro atoms. The molecule has 0 aromatic carbocycles. The average molecular weight is 317 g/mol. The molecule has 0 aromatic rings. The Morgan fingerprint density at radius 3 is 2.22 bits per heavy atom. The first-order chi connectivity index (χ1) is 11.2. The van der Waals surface area contributed by atoms with Gasteiger partial charge in [0.25, 0.3) is 0 Å². The second-order valence-electron chi connectivity index (χ2n) is 5.39. The van der Waals surface area contributed by atoms with Crippen molar-refractivity contribution >= 4 is 11.8 Å². The highest BCUT2D eigenvalue weighted by atomic mass is 16.4. The highest BCUT2D eigenvalue weighted by Gasteiger charge is 1.95. The average Bonchev–Trinajstić information content (AvgIpc) is 2.51. The van der Waals surface area contributed by atoms with Gasteiger partial charge < -0.3 is 9.90 Å². The second-order valence-corrected chi connectivity index (χ2v) is 5.39. The molecular formula is C20H29O3-. The van der Waals surface area contributed by atoms with Crippen LogP contribution in [0.15, 0.2) is 48.6 Å². The van der Waals surface area contributed by atoms with Gasteiger partial charge in [0.1, 0.15) is 0 Å². The van der Waals surface area contributed by atoms with E-state index in [-0.39, 0.29) is 18.6 Å². The van der Waals surface area contributed by atoms with Crippen molar-refractivity contribution in [2.75, 3.05) is 0 Å². The van der Waals surface area contributed by atoms with Crippen LogP contribution in [0.25, 0.3) is 0 Å². The van der Waals surface area contributed by atoms with Crippen LogP contribution in [0, 0.1) is 0 Å². The lowest BCUT2D eigenvalue weighted by Crippen LogP contribution is -2.21. The Kier molecular flexibility index (Phi) is 15.1. The number of hydrogen-bond acceptors (Lipinski definition) is 3. The van der Waals surface area contributed by atoms with Crippen LogP contribution in [-0.4, -0.2) is 11.8 Å². The molecule has 0 radical (unpaired) electrons. The Morgan fingerprint density at radius 2 is 1.52 bits per heavy atom. The van der Waals surface area contributed by atoms with Crippen LogP contribution >= 0.6 is 0 Å². The van der Waals surface area contributed by atoms with Gasteiger partial charge in [-0.15, -0.1) is 0 Å². The molecule has 0 bridgehead atoms. The number of aliphatic carboxylic acids is 1. The number of hydrogen-bond donors (Lipinski definition) is 0. The summed E-state index contributed by atoms with van der Waals surface area (Å²) < 4.78 is 0. The van der Waals surface area contributed by atoms with Crippen LogP contribution in [0.5, 0.6) is 0 Å². The SMILES string of the molecule is CCCCC/C=C\C/C=C\C/C=C\C=C\C(=O)CCCC(=O)[O-]. The number of unbranched alkanes of at least 4 members (excludes halogenated alkanes) is 3. The first-order valence-electron chi connectivity index (χ1n) is 8.52. The Hall–Kier alpha value is -1.90. The third kappa shape index (κ3) is 18.1. The minimum absolute atomic E-state index is 0.0559. The number of carbonyl (C=O) groups is 2. The van der Waals surface area contributed by atoms with E-state index in [2.05, 4.69) is 31.2 Å². The van der Waals surface area contributed by atoms with E-state index in [1.165, 1.54) is 31.8 Å². The van der Waals surface area contributed by atoms with E-state index >= 15 is 0 Å². The summed E-state index contributed by atoms with van der Waals surface area (Å²) in [5.74, 6) is -1.16. The van der Waals surface area contributed by atoms with E-state index in [9.17, 15) is 14.7 Å². The van der Waals surface area contributed by atoms with E-state index in [0.717, 1.165) is 12.8 Å². The van der Waals surface area contributed by atoms with Crippen molar-refractivity contribution < 1.29 is 14.7 Å². The molecule has 3 nitrogen and oxygen atoms in total. The van der Waals surface area contributed by atoms with Gasteiger partial charge in [0.2, 0.25) is 0 Å². The molecule has 0 atom stereocenters. The normalized spacial score (nSPS) is 12.2.